The van der Waals surface area contributed by atoms with E-state index in [0.717, 1.165) is 0 Å². The fraction of sp³-hybridized carbons (Fsp3) is 0.588. The number of allylic oxidation sites excluding steroid dienone is 4. The zero-order valence-electron chi connectivity index (χ0n) is 15.1. The molecule has 1 heterocycles. The van der Waals surface area contributed by atoms with Crippen LogP contribution in [0.3, 0.4) is 0 Å². The van der Waals surface area contributed by atoms with Crippen LogP contribution in [0.15, 0.2) is 19.4 Å². The maximum atomic E-state index is 12.2. The Morgan fingerprint density at radius 3 is 1.35 bits per heavy atom. The van der Waals surface area contributed by atoms with Crippen molar-refractivity contribution in [2.75, 3.05) is 0 Å². The van der Waals surface area contributed by atoms with E-state index in [4.69, 9.17) is 6.20 Å². The van der Waals surface area contributed by atoms with Crippen LogP contribution in [-0.2, 0) is 20.6 Å². The van der Waals surface area contributed by atoms with Gasteiger partial charge in [-0.15, -0.1) is 0 Å². The quantitative estimate of drug-likeness (QED) is 0.620. The molecule has 0 radical (unpaired) electrons. The summed E-state index contributed by atoms with van der Waals surface area (Å²) in [5.41, 5.74) is -0.932. The van der Waals surface area contributed by atoms with E-state index >= 15 is 0 Å². The molecule has 0 bridgehead atoms. The van der Waals surface area contributed by atoms with Crippen LogP contribution in [0.2, 0.25) is 0 Å². The Bertz CT molecular complexity index is 547. The van der Waals surface area contributed by atoms with Crippen molar-refractivity contribution in [3.8, 4) is 0 Å². The first-order valence-corrected chi connectivity index (χ1v) is 11.7. The van der Waals surface area contributed by atoms with E-state index in [1.54, 1.807) is 0 Å². The second-order valence-corrected chi connectivity index (χ2v) is 13.9. The summed E-state index contributed by atoms with van der Waals surface area (Å²) in [5, 5.41) is 0. The molecule has 0 atom stereocenters. The van der Waals surface area contributed by atoms with Crippen molar-refractivity contribution in [1.82, 2.24) is 0 Å². The Labute approximate surface area is 143 Å². The number of carbonyl (C=O) groups excluding carboxylic acids is 3. The van der Waals surface area contributed by atoms with Crippen molar-refractivity contribution in [2.45, 2.75) is 55.4 Å². The SMILES string of the molecule is CC(=O)O[Te]1(OC(C)=O)C(C(C)(C)C)=CC(=O)C=C1C(C)(C)C. The number of rotatable bonds is 2. The molecule has 0 aromatic heterocycles. The third kappa shape index (κ3) is 4.45. The van der Waals surface area contributed by atoms with Crippen LogP contribution in [0.25, 0.3) is 0 Å². The molecule has 1 aliphatic heterocycles. The molecule has 130 valence electrons. The van der Waals surface area contributed by atoms with Crippen molar-refractivity contribution in [3.05, 3.63) is 19.4 Å². The van der Waals surface area contributed by atoms with Gasteiger partial charge in [0.05, 0.1) is 0 Å². The summed E-state index contributed by atoms with van der Waals surface area (Å²) in [6.45, 7) is 14.1. The number of carbonyl (C=O) groups is 3. The van der Waals surface area contributed by atoms with E-state index in [1.807, 2.05) is 41.5 Å². The maximum absolute atomic E-state index is 12.2. The van der Waals surface area contributed by atoms with Gasteiger partial charge in [-0.3, -0.25) is 0 Å². The summed E-state index contributed by atoms with van der Waals surface area (Å²) in [4.78, 5) is 35.9. The number of ketones is 1. The molecular formula is C17H26O5Te. The molecule has 5 nitrogen and oxygen atoms in total. The Morgan fingerprint density at radius 1 is 0.826 bits per heavy atom. The van der Waals surface area contributed by atoms with E-state index in [0.29, 0.717) is 7.24 Å². The summed E-state index contributed by atoms with van der Waals surface area (Å²) < 4.78 is 12.8. The molecule has 1 aliphatic rings. The first kappa shape index (κ1) is 19.9. The summed E-state index contributed by atoms with van der Waals surface area (Å²) in [5.74, 6) is -1.18. The fourth-order valence-electron chi connectivity index (χ4n) is 2.34. The van der Waals surface area contributed by atoms with Crippen LogP contribution in [-0.4, -0.2) is 36.7 Å². The Morgan fingerprint density at radius 2 is 1.13 bits per heavy atom. The van der Waals surface area contributed by atoms with Gasteiger partial charge < -0.3 is 0 Å². The van der Waals surface area contributed by atoms with Gasteiger partial charge >= 0.3 is 143 Å². The zero-order valence-corrected chi connectivity index (χ0v) is 17.4. The molecule has 23 heavy (non-hydrogen) atoms. The van der Waals surface area contributed by atoms with Gasteiger partial charge in [-0.05, 0) is 0 Å². The fourth-order valence-corrected chi connectivity index (χ4v) is 12.2. The molecule has 0 saturated carbocycles. The molecule has 6 heteroatoms. The van der Waals surface area contributed by atoms with Gasteiger partial charge in [-0.25, -0.2) is 0 Å². The molecule has 0 amide bonds. The monoisotopic (exact) mass is 440 g/mol. The van der Waals surface area contributed by atoms with Crippen molar-refractivity contribution >= 4 is 36.7 Å². The van der Waals surface area contributed by atoms with Crippen LogP contribution >= 0.6 is 0 Å². The Balaban J connectivity index is 3.76. The topological polar surface area (TPSA) is 69.7 Å². The minimum atomic E-state index is -4.27. The molecule has 1 rings (SSSR count). The van der Waals surface area contributed by atoms with E-state index in [-0.39, 0.29) is 5.78 Å². The summed E-state index contributed by atoms with van der Waals surface area (Å²) in [6.07, 6.45) is 2.95. The molecule has 0 aromatic carbocycles. The number of hydrogen-bond donors (Lipinski definition) is 0. The Kier molecular flexibility index (Phi) is 5.55. The molecule has 0 unspecified atom stereocenters. The third-order valence-corrected chi connectivity index (χ3v) is 13.2. The zero-order chi connectivity index (χ0) is 18.2. The second kappa shape index (κ2) is 6.41. The van der Waals surface area contributed by atoms with Crippen LogP contribution in [0, 0.1) is 10.8 Å². The molecule has 0 N–H and O–H groups in total. The summed E-state index contributed by atoms with van der Waals surface area (Å²) in [7, 11) is 0. The Hall–Kier alpha value is -1.12. The van der Waals surface area contributed by atoms with Gasteiger partial charge in [-0.1, -0.05) is 0 Å². The first-order valence-electron chi connectivity index (χ1n) is 7.42. The molecule has 0 fully saturated rings. The van der Waals surface area contributed by atoms with E-state index in [9.17, 15) is 14.4 Å². The predicted octanol–water partition coefficient (Wildman–Crippen LogP) is 3.16. The molecule has 0 aromatic rings. The van der Waals surface area contributed by atoms with Crippen molar-refractivity contribution in [3.63, 3.8) is 0 Å². The van der Waals surface area contributed by atoms with Crippen molar-refractivity contribution in [2.24, 2.45) is 10.8 Å². The van der Waals surface area contributed by atoms with Gasteiger partial charge in [0, 0.05) is 0 Å². The average molecular weight is 438 g/mol. The molecule has 0 spiro atoms. The van der Waals surface area contributed by atoms with Gasteiger partial charge in [0.2, 0.25) is 0 Å². The molecular weight excluding hydrogens is 412 g/mol. The average Bonchev–Trinajstić information content (AvgIpc) is 2.27. The first-order chi connectivity index (χ1) is 10.2. The molecule has 0 saturated heterocycles. The van der Waals surface area contributed by atoms with Gasteiger partial charge in [0.15, 0.2) is 0 Å². The van der Waals surface area contributed by atoms with E-state index in [2.05, 4.69) is 0 Å². The van der Waals surface area contributed by atoms with Gasteiger partial charge in [0.25, 0.3) is 0 Å². The standard InChI is InChI=1S/C17H26O5Te/c1-11(18)21-23(22-12(2)19)14(16(3,4)5)9-13(20)10-15(23)17(6,7)8/h9-10H,1-8H3. The predicted molar refractivity (Wildman–Crippen MR) is 89.4 cm³/mol. The van der Waals surface area contributed by atoms with Crippen LogP contribution in [0.1, 0.15) is 55.4 Å². The van der Waals surface area contributed by atoms with Crippen LogP contribution in [0.5, 0.6) is 0 Å². The minimum absolute atomic E-state index is 0.166. The van der Waals surface area contributed by atoms with E-state index < -0.39 is 41.8 Å². The summed E-state index contributed by atoms with van der Waals surface area (Å²) in [6, 6.07) is 0. The van der Waals surface area contributed by atoms with Crippen molar-refractivity contribution in [1.29, 1.82) is 0 Å². The van der Waals surface area contributed by atoms with Gasteiger partial charge in [-0.2, -0.15) is 0 Å². The number of hydrogen-bond acceptors (Lipinski definition) is 5. The van der Waals surface area contributed by atoms with Crippen LogP contribution < -0.4 is 0 Å². The normalized spacial score (nSPS) is 19.4. The van der Waals surface area contributed by atoms with E-state index in [1.165, 1.54) is 26.0 Å². The van der Waals surface area contributed by atoms with Crippen molar-refractivity contribution < 1.29 is 20.6 Å². The van der Waals surface area contributed by atoms with Crippen LogP contribution in [0.4, 0.5) is 0 Å². The third-order valence-electron chi connectivity index (χ3n) is 3.07. The van der Waals surface area contributed by atoms with Gasteiger partial charge in [0.1, 0.15) is 0 Å². The summed E-state index contributed by atoms with van der Waals surface area (Å²) >= 11 is -4.27. The molecule has 0 aliphatic carbocycles. The second-order valence-electron chi connectivity index (χ2n) is 7.57.